The lowest BCUT2D eigenvalue weighted by molar-refractivity contribution is -0.0383. The molecular weight excluding hydrogens is 632 g/mol. The molecule has 1 N–H and O–H groups in total. The zero-order chi connectivity index (χ0) is 32.6. The van der Waals surface area contributed by atoms with Crippen molar-refractivity contribution in [2.45, 2.75) is 63.3 Å². The third-order valence-electron chi connectivity index (χ3n) is 9.69. The van der Waals surface area contributed by atoms with Gasteiger partial charge in [0.05, 0.1) is 43.5 Å². The van der Waals surface area contributed by atoms with Crippen molar-refractivity contribution in [3.63, 3.8) is 0 Å². The highest BCUT2D eigenvalue weighted by molar-refractivity contribution is 7.92. The van der Waals surface area contributed by atoms with Gasteiger partial charge in [0.1, 0.15) is 22.8 Å². The Morgan fingerprint density at radius 2 is 1.96 bits per heavy atom. The first-order chi connectivity index (χ1) is 22.6. The number of nitrogens with zero attached hydrogens (tertiary/aromatic N) is 6. The molecule has 12 nitrogen and oxygen atoms in total. The smallest absolute Gasteiger partial charge is 0.329 e. The number of rotatable bonds is 9. The second-order valence-corrected chi connectivity index (χ2v) is 15.0. The van der Waals surface area contributed by atoms with E-state index in [1.165, 1.54) is 6.07 Å². The molecule has 4 fully saturated rings. The Hall–Kier alpha value is -3.82. The molecule has 0 bridgehead atoms. The van der Waals surface area contributed by atoms with Gasteiger partial charge < -0.3 is 24.3 Å². The van der Waals surface area contributed by atoms with Gasteiger partial charge in [-0.05, 0) is 62.3 Å². The molecule has 47 heavy (non-hydrogen) atoms. The number of hydrogen-bond donors (Lipinski definition) is 1. The molecule has 0 aromatic carbocycles. The molecule has 2 atom stereocenters. The highest BCUT2D eigenvalue weighted by Gasteiger charge is 2.37. The summed E-state index contributed by atoms with van der Waals surface area (Å²) >= 11 is 0. The number of nitrogens with one attached hydrogen (secondary N) is 1. The van der Waals surface area contributed by atoms with E-state index in [2.05, 4.69) is 10.3 Å². The number of carbonyl (C=O) groups is 1. The normalized spacial score (nSPS) is 21.9. The number of morpholine rings is 1. The molecule has 1 amide bonds. The Morgan fingerprint density at radius 1 is 1.15 bits per heavy atom. The SMILES string of the molecule is COc1cc(C(=O)N2CC[C@H]3OCCN[C@H]3C2)cc2nc(-c3cc4ccc(N(C(F)F)S(C)(=O)=O)nc4n3CC3CC3)c(C3CC3)n12. The quantitative estimate of drug-likeness (QED) is 0.267. The van der Waals surface area contributed by atoms with E-state index >= 15 is 0 Å². The largest absolute Gasteiger partial charge is 0.482 e. The average Bonchev–Trinajstić information content (AvgIpc) is 3.98. The van der Waals surface area contributed by atoms with E-state index in [1.807, 2.05) is 26.0 Å². The van der Waals surface area contributed by atoms with Gasteiger partial charge in [0, 0.05) is 49.1 Å². The van der Waals surface area contributed by atoms with Gasteiger partial charge in [0.2, 0.25) is 10.0 Å². The fourth-order valence-electron chi connectivity index (χ4n) is 7.09. The van der Waals surface area contributed by atoms with Crippen molar-refractivity contribution in [2.75, 3.05) is 43.9 Å². The molecule has 0 unspecified atom stereocenters. The first kappa shape index (κ1) is 30.5. The van der Waals surface area contributed by atoms with Crippen LogP contribution < -0.4 is 14.4 Å². The molecule has 4 aromatic heterocycles. The van der Waals surface area contributed by atoms with E-state index in [-0.39, 0.29) is 34.1 Å². The summed E-state index contributed by atoms with van der Waals surface area (Å²) in [5.41, 5.74) is 3.94. The van der Waals surface area contributed by atoms with Crippen molar-refractivity contribution < 1.29 is 31.5 Å². The Balaban J connectivity index is 1.24. The summed E-state index contributed by atoms with van der Waals surface area (Å²) in [6, 6.07) is 8.57. The van der Waals surface area contributed by atoms with Gasteiger partial charge in [-0.15, -0.1) is 0 Å². The van der Waals surface area contributed by atoms with Crippen LogP contribution in [0.2, 0.25) is 0 Å². The standard InChI is InChI=1S/C32H37F2N7O5S/c1-45-27-15-21(31(42)38-11-9-24-22(17-38)35-10-12-46-24)14-26-36-28(29(40(26)27)19-5-6-19)23-13-20-7-8-25(41(32(33)34)47(2,43)44)37-30(20)39(23)16-18-3-4-18/h7-8,13-15,18-19,22,24,32,35H,3-6,9-12,16-17H2,1-2H3/t22-,24+/m0/s1. The number of alkyl halides is 2. The number of halogens is 2. The fourth-order valence-corrected chi connectivity index (χ4v) is 7.83. The number of piperidine rings is 1. The van der Waals surface area contributed by atoms with E-state index < -0.39 is 16.6 Å². The lowest BCUT2D eigenvalue weighted by Gasteiger charge is -2.41. The molecule has 2 aliphatic carbocycles. The molecule has 4 aromatic rings. The van der Waals surface area contributed by atoms with Crippen LogP contribution in [-0.4, -0.2) is 96.5 Å². The monoisotopic (exact) mass is 669 g/mol. The Labute approximate surface area is 270 Å². The lowest BCUT2D eigenvalue weighted by atomic mass is 10.00. The second kappa shape index (κ2) is 11.4. The number of fused-ring (bicyclic) bond motifs is 3. The van der Waals surface area contributed by atoms with Crippen LogP contribution in [-0.2, 0) is 21.3 Å². The zero-order valence-electron chi connectivity index (χ0n) is 26.2. The van der Waals surface area contributed by atoms with E-state index in [0.29, 0.717) is 66.0 Å². The van der Waals surface area contributed by atoms with Crippen LogP contribution in [0.1, 0.15) is 54.1 Å². The number of pyridine rings is 2. The summed E-state index contributed by atoms with van der Waals surface area (Å²) < 4.78 is 68.2. The number of aromatic nitrogens is 4. The third-order valence-corrected chi connectivity index (χ3v) is 10.8. The molecule has 8 rings (SSSR count). The minimum atomic E-state index is -4.27. The van der Waals surface area contributed by atoms with Crippen LogP contribution in [0.25, 0.3) is 28.1 Å². The number of methoxy groups -OCH3 is 1. The zero-order valence-corrected chi connectivity index (χ0v) is 27.0. The van der Waals surface area contributed by atoms with Crippen LogP contribution >= 0.6 is 0 Å². The predicted molar refractivity (Wildman–Crippen MR) is 171 cm³/mol. The molecule has 250 valence electrons. The van der Waals surface area contributed by atoms with Gasteiger partial charge in [0.25, 0.3) is 5.91 Å². The molecule has 6 heterocycles. The molecule has 0 spiro atoms. The van der Waals surface area contributed by atoms with Gasteiger partial charge in [-0.25, -0.2) is 18.4 Å². The number of hydrogen-bond acceptors (Lipinski definition) is 8. The maximum Gasteiger partial charge on any atom is 0.329 e. The fraction of sp³-hybridized carbons (Fsp3) is 0.531. The number of carbonyl (C=O) groups excluding carboxylic acids is 1. The first-order valence-electron chi connectivity index (χ1n) is 16.1. The van der Waals surface area contributed by atoms with E-state index in [4.69, 9.17) is 14.5 Å². The first-order valence-corrected chi connectivity index (χ1v) is 18.0. The summed E-state index contributed by atoms with van der Waals surface area (Å²) in [5.74, 6) is 0.694. The van der Waals surface area contributed by atoms with Crippen molar-refractivity contribution in [1.29, 1.82) is 0 Å². The average molecular weight is 670 g/mol. The number of likely N-dealkylation sites (tertiary alicyclic amines) is 1. The van der Waals surface area contributed by atoms with Crippen molar-refractivity contribution in [3.05, 3.63) is 41.6 Å². The Bertz CT molecular complexity index is 1990. The maximum atomic E-state index is 13.9. The van der Waals surface area contributed by atoms with Gasteiger partial charge in [-0.2, -0.15) is 13.1 Å². The van der Waals surface area contributed by atoms with Gasteiger partial charge in [-0.3, -0.25) is 9.20 Å². The van der Waals surface area contributed by atoms with Gasteiger partial charge in [0.15, 0.2) is 5.88 Å². The van der Waals surface area contributed by atoms with Crippen molar-refractivity contribution >= 4 is 38.4 Å². The Morgan fingerprint density at radius 3 is 2.66 bits per heavy atom. The van der Waals surface area contributed by atoms with E-state index in [1.54, 1.807) is 19.2 Å². The number of ether oxygens (including phenoxy) is 2. The summed E-state index contributed by atoms with van der Waals surface area (Å²) in [4.78, 5) is 25.3. The highest BCUT2D eigenvalue weighted by Crippen LogP contribution is 2.47. The van der Waals surface area contributed by atoms with Crippen molar-refractivity contribution in [2.24, 2.45) is 5.92 Å². The van der Waals surface area contributed by atoms with Crippen LogP contribution in [0.5, 0.6) is 5.88 Å². The minimum absolute atomic E-state index is 0.0460. The van der Waals surface area contributed by atoms with Gasteiger partial charge in [-0.1, -0.05) is 0 Å². The Kier molecular flexibility index (Phi) is 7.41. The molecule has 4 aliphatic rings. The van der Waals surface area contributed by atoms with Crippen LogP contribution in [0.4, 0.5) is 14.6 Å². The van der Waals surface area contributed by atoms with Crippen LogP contribution in [0, 0.1) is 5.92 Å². The number of anilines is 1. The number of imidazole rings is 1. The molecule has 0 radical (unpaired) electrons. The summed E-state index contributed by atoms with van der Waals surface area (Å²) in [5, 5.41) is 4.17. The summed E-state index contributed by atoms with van der Waals surface area (Å²) in [7, 11) is -2.69. The summed E-state index contributed by atoms with van der Waals surface area (Å²) in [6.07, 6.45) is 5.63. The van der Waals surface area contributed by atoms with E-state index in [9.17, 15) is 22.0 Å². The highest BCUT2D eigenvalue weighted by atomic mass is 32.2. The van der Waals surface area contributed by atoms with Crippen LogP contribution in [0.3, 0.4) is 0 Å². The summed E-state index contributed by atoms with van der Waals surface area (Å²) in [6.45, 7) is -0.0791. The lowest BCUT2D eigenvalue weighted by Crippen LogP contribution is -2.59. The van der Waals surface area contributed by atoms with Gasteiger partial charge >= 0.3 is 6.55 Å². The molecule has 2 saturated carbocycles. The van der Waals surface area contributed by atoms with E-state index in [0.717, 1.165) is 56.3 Å². The van der Waals surface area contributed by atoms with Crippen molar-refractivity contribution in [1.82, 2.24) is 29.2 Å². The second-order valence-electron chi connectivity index (χ2n) is 13.1. The molecule has 2 aliphatic heterocycles. The molecular formula is C32H37F2N7O5S. The topological polar surface area (TPSA) is 123 Å². The maximum absolute atomic E-state index is 13.9. The molecule has 2 saturated heterocycles. The van der Waals surface area contributed by atoms with Crippen molar-refractivity contribution in [3.8, 4) is 17.3 Å². The molecule has 15 heteroatoms. The number of amides is 1. The predicted octanol–water partition coefficient (Wildman–Crippen LogP) is 3.84. The van der Waals surface area contributed by atoms with Crippen LogP contribution in [0.15, 0.2) is 30.3 Å². The number of sulfonamides is 1. The third kappa shape index (κ3) is 5.51. The minimum Gasteiger partial charge on any atom is -0.482 e.